The van der Waals surface area contributed by atoms with Crippen LogP contribution < -0.4 is 15.4 Å². The van der Waals surface area contributed by atoms with Crippen LogP contribution in [0.2, 0.25) is 0 Å². The molecule has 0 bridgehead atoms. The Hall–Kier alpha value is -2.64. The van der Waals surface area contributed by atoms with Crippen LogP contribution in [0.15, 0.2) is 24.3 Å². The van der Waals surface area contributed by atoms with Crippen LogP contribution in [0.25, 0.3) is 0 Å². The molecule has 0 aromatic heterocycles. The lowest BCUT2D eigenvalue weighted by Crippen LogP contribution is -2.42. The number of urea groups is 1. The first-order chi connectivity index (χ1) is 11.4. The van der Waals surface area contributed by atoms with Crippen LogP contribution in [-0.2, 0) is 14.3 Å². The summed E-state index contributed by atoms with van der Waals surface area (Å²) in [5.74, 6) is -1.22. The fraction of sp³-hybridized carbons (Fsp3) is 0.438. The van der Waals surface area contributed by atoms with E-state index in [1.165, 1.54) is 24.3 Å². The minimum Gasteiger partial charge on any atom is -0.482 e. The van der Waals surface area contributed by atoms with Gasteiger partial charge in [-0.1, -0.05) is 13.8 Å². The molecule has 132 valence electrons. The van der Waals surface area contributed by atoms with E-state index in [9.17, 15) is 18.8 Å². The highest BCUT2D eigenvalue weighted by Crippen LogP contribution is 2.10. The Balaban J connectivity index is 2.17. The average Bonchev–Trinajstić information content (AvgIpc) is 2.52. The molecule has 1 aromatic rings. The van der Waals surface area contributed by atoms with Crippen LogP contribution in [0.5, 0.6) is 5.75 Å². The zero-order valence-electron chi connectivity index (χ0n) is 13.6. The number of ether oxygens (including phenoxy) is 2. The summed E-state index contributed by atoms with van der Waals surface area (Å²) in [4.78, 5) is 34.2. The number of hydrogen-bond donors (Lipinski definition) is 2. The average molecular weight is 340 g/mol. The lowest BCUT2D eigenvalue weighted by Gasteiger charge is -2.09. The SMILES string of the molecule is CC(C)CCNC(=O)NC(=O)COC(=O)COc1ccc(F)cc1. The molecule has 0 atom stereocenters. The molecule has 0 fully saturated rings. The zero-order chi connectivity index (χ0) is 17.9. The van der Waals surface area contributed by atoms with Crippen molar-refractivity contribution < 1.29 is 28.2 Å². The summed E-state index contributed by atoms with van der Waals surface area (Å²) in [5.41, 5.74) is 0. The van der Waals surface area contributed by atoms with E-state index < -0.39 is 36.9 Å². The Kier molecular flexibility index (Phi) is 8.24. The third-order valence-corrected chi connectivity index (χ3v) is 2.79. The number of esters is 1. The molecule has 0 saturated heterocycles. The first-order valence-corrected chi connectivity index (χ1v) is 7.48. The standard InChI is InChI=1S/C16H21FN2O5/c1-11(2)7-8-18-16(22)19-14(20)9-24-15(21)10-23-13-5-3-12(17)4-6-13/h3-6,11H,7-10H2,1-2H3,(H2,18,19,20,22). The topological polar surface area (TPSA) is 93.7 Å². The first-order valence-electron chi connectivity index (χ1n) is 7.48. The van der Waals surface area contributed by atoms with Crippen LogP contribution in [-0.4, -0.2) is 37.7 Å². The van der Waals surface area contributed by atoms with Gasteiger partial charge in [0, 0.05) is 6.54 Å². The van der Waals surface area contributed by atoms with Crippen LogP contribution in [0.4, 0.5) is 9.18 Å². The number of imide groups is 1. The summed E-state index contributed by atoms with van der Waals surface area (Å²) in [6.07, 6.45) is 0.789. The number of carbonyl (C=O) groups excluding carboxylic acids is 3. The van der Waals surface area contributed by atoms with Gasteiger partial charge in [0.2, 0.25) is 0 Å². The van der Waals surface area contributed by atoms with Gasteiger partial charge in [-0.2, -0.15) is 0 Å². The molecule has 3 amide bonds. The lowest BCUT2D eigenvalue weighted by atomic mass is 10.1. The van der Waals surface area contributed by atoms with Crippen LogP contribution in [0.1, 0.15) is 20.3 Å². The monoisotopic (exact) mass is 340 g/mol. The highest BCUT2D eigenvalue weighted by atomic mass is 19.1. The molecule has 0 aliphatic heterocycles. The minimum absolute atomic E-state index is 0.294. The van der Waals surface area contributed by atoms with E-state index >= 15 is 0 Å². The van der Waals surface area contributed by atoms with Crippen molar-refractivity contribution in [3.8, 4) is 5.75 Å². The van der Waals surface area contributed by atoms with Gasteiger partial charge >= 0.3 is 12.0 Å². The van der Waals surface area contributed by atoms with Crippen molar-refractivity contribution in [2.75, 3.05) is 19.8 Å². The molecular weight excluding hydrogens is 319 g/mol. The van der Waals surface area contributed by atoms with Gasteiger partial charge in [-0.05, 0) is 36.6 Å². The van der Waals surface area contributed by atoms with Gasteiger partial charge in [0.15, 0.2) is 13.2 Å². The maximum atomic E-state index is 12.7. The molecule has 7 nitrogen and oxygen atoms in total. The molecule has 0 aliphatic carbocycles. The summed E-state index contributed by atoms with van der Waals surface area (Å²) < 4.78 is 22.4. The second kappa shape index (κ2) is 10.2. The Morgan fingerprint density at radius 3 is 2.42 bits per heavy atom. The fourth-order valence-corrected chi connectivity index (χ4v) is 1.54. The molecule has 1 aromatic carbocycles. The van der Waals surface area contributed by atoms with E-state index in [4.69, 9.17) is 4.74 Å². The van der Waals surface area contributed by atoms with Gasteiger partial charge in [0.1, 0.15) is 11.6 Å². The minimum atomic E-state index is -0.783. The predicted octanol–water partition coefficient (Wildman–Crippen LogP) is 1.62. The van der Waals surface area contributed by atoms with E-state index in [0.717, 1.165) is 6.42 Å². The molecule has 0 spiro atoms. The summed E-state index contributed by atoms with van der Waals surface area (Å²) in [7, 11) is 0. The molecule has 0 unspecified atom stereocenters. The van der Waals surface area contributed by atoms with Gasteiger partial charge in [-0.3, -0.25) is 10.1 Å². The van der Waals surface area contributed by atoms with E-state index in [0.29, 0.717) is 18.2 Å². The predicted molar refractivity (Wildman–Crippen MR) is 83.9 cm³/mol. The van der Waals surface area contributed by atoms with Crippen LogP contribution in [0.3, 0.4) is 0 Å². The summed E-state index contributed by atoms with van der Waals surface area (Å²) in [5, 5.41) is 4.56. The smallest absolute Gasteiger partial charge is 0.344 e. The molecule has 24 heavy (non-hydrogen) atoms. The first kappa shape index (κ1) is 19.4. The molecule has 0 heterocycles. The lowest BCUT2D eigenvalue weighted by molar-refractivity contribution is -0.150. The molecular formula is C16H21FN2O5. The number of amides is 3. The molecule has 8 heteroatoms. The number of nitrogens with one attached hydrogen (secondary N) is 2. The normalized spacial score (nSPS) is 10.2. The van der Waals surface area contributed by atoms with Crippen molar-refractivity contribution >= 4 is 17.9 Å². The van der Waals surface area contributed by atoms with Gasteiger partial charge in [0.05, 0.1) is 0 Å². The van der Waals surface area contributed by atoms with Crippen molar-refractivity contribution in [1.82, 2.24) is 10.6 Å². The van der Waals surface area contributed by atoms with Crippen molar-refractivity contribution in [3.63, 3.8) is 0 Å². The van der Waals surface area contributed by atoms with Gasteiger partial charge in [-0.25, -0.2) is 14.0 Å². The van der Waals surface area contributed by atoms with E-state index in [1.807, 2.05) is 19.2 Å². The Bertz CT molecular complexity index is 560. The number of carbonyl (C=O) groups is 3. The van der Waals surface area contributed by atoms with Crippen LogP contribution in [0, 0.1) is 11.7 Å². The van der Waals surface area contributed by atoms with Gasteiger partial charge in [-0.15, -0.1) is 0 Å². The second-order valence-electron chi connectivity index (χ2n) is 5.39. The highest BCUT2D eigenvalue weighted by Gasteiger charge is 2.11. The number of benzene rings is 1. The Morgan fingerprint density at radius 2 is 1.79 bits per heavy atom. The van der Waals surface area contributed by atoms with E-state index in [2.05, 4.69) is 10.1 Å². The van der Waals surface area contributed by atoms with Crippen LogP contribution >= 0.6 is 0 Å². The number of rotatable bonds is 8. The van der Waals surface area contributed by atoms with E-state index in [-0.39, 0.29) is 0 Å². The second-order valence-corrected chi connectivity index (χ2v) is 5.39. The summed E-state index contributed by atoms with van der Waals surface area (Å²) in [6.45, 7) is 3.45. The Labute approximate surface area is 139 Å². The molecule has 0 aliphatic rings. The maximum Gasteiger partial charge on any atom is 0.344 e. The molecule has 0 radical (unpaired) electrons. The quantitative estimate of drug-likeness (QED) is 0.702. The van der Waals surface area contributed by atoms with Crippen molar-refractivity contribution in [3.05, 3.63) is 30.1 Å². The Morgan fingerprint density at radius 1 is 1.12 bits per heavy atom. The summed E-state index contributed by atoms with van der Waals surface area (Å²) in [6, 6.07) is 4.45. The fourth-order valence-electron chi connectivity index (χ4n) is 1.54. The third kappa shape index (κ3) is 8.72. The van der Waals surface area contributed by atoms with Crippen molar-refractivity contribution in [2.45, 2.75) is 20.3 Å². The van der Waals surface area contributed by atoms with Crippen molar-refractivity contribution in [1.29, 1.82) is 0 Å². The number of hydrogen-bond acceptors (Lipinski definition) is 5. The van der Waals surface area contributed by atoms with Gasteiger partial charge in [0.25, 0.3) is 5.91 Å². The maximum absolute atomic E-state index is 12.7. The number of halogens is 1. The molecule has 1 rings (SSSR count). The molecule has 0 saturated carbocycles. The highest BCUT2D eigenvalue weighted by molar-refractivity contribution is 5.95. The van der Waals surface area contributed by atoms with E-state index in [1.54, 1.807) is 0 Å². The summed E-state index contributed by atoms with van der Waals surface area (Å²) >= 11 is 0. The molecule has 2 N–H and O–H groups in total. The van der Waals surface area contributed by atoms with Gasteiger partial charge < -0.3 is 14.8 Å². The van der Waals surface area contributed by atoms with Crippen molar-refractivity contribution in [2.24, 2.45) is 5.92 Å². The zero-order valence-corrected chi connectivity index (χ0v) is 13.6. The largest absolute Gasteiger partial charge is 0.482 e. The third-order valence-electron chi connectivity index (χ3n) is 2.79.